The summed E-state index contributed by atoms with van der Waals surface area (Å²) in [5.74, 6) is 0.901. The van der Waals surface area contributed by atoms with Crippen LogP contribution in [0.25, 0.3) is 0 Å². The zero-order valence-electron chi connectivity index (χ0n) is 16.5. The Hall–Kier alpha value is -2.86. The fourth-order valence-corrected chi connectivity index (χ4v) is 3.28. The summed E-state index contributed by atoms with van der Waals surface area (Å²) in [6.07, 6.45) is 0.964. The molecule has 1 N–H and O–H groups in total. The normalized spacial score (nSPS) is 14.6. The fourth-order valence-electron chi connectivity index (χ4n) is 3.28. The highest BCUT2D eigenvalue weighted by atomic mass is 16.5. The van der Waals surface area contributed by atoms with Crippen LogP contribution in [0.15, 0.2) is 48.5 Å². The van der Waals surface area contributed by atoms with Crippen LogP contribution in [0.4, 0.5) is 10.5 Å². The molecule has 28 heavy (non-hydrogen) atoms. The molecule has 0 bridgehead atoms. The minimum atomic E-state index is -0.0944. The number of methoxy groups -OCH3 is 1. The average Bonchev–Trinajstić information content (AvgIpc) is 2.73. The van der Waals surface area contributed by atoms with Gasteiger partial charge in [-0.3, -0.25) is 9.69 Å². The van der Waals surface area contributed by atoms with Gasteiger partial charge in [-0.05, 0) is 55.3 Å². The molecule has 0 unspecified atom stereocenters. The van der Waals surface area contributed by atoms with Gasteiger partial charge in [0.05, 0.1) is 7.11 Å². The van der Waals surface area contributed by atoms with Crippen LogP contribution in [-0.4, -0.2) is 61.4 Å². The Morgan fingerprint density at radius 1 is 1.04 bits per heavy atom. The van der Waals surface area contributed by atoms with E-state index in [1.54, 1.807) is 31.4 Å². The zero-order chi connectivity index (χ0) is 19.9. The predicted octanol–water partition coefficient (Wildman–Crippen LogP) is 3.29. The Balaban J connectivity index is 1.44. The maximum absolute atomic E-state index is 12.5. The summed E-state index contributed by atoms with van der Waals surface area (Å²) < 4.78 is 5.27. The molecule has 148 valence electrons. The molecular formula is C22H27N3O3. The van der Waals surface area contributed by atoms with E-state index in [0.29, 0.717) is 24.3 Å². The standard InChI is InChI=1S/C22H27N3O3/c1-17(26)19-6-8-20(9-7-19)23-22(27)25-14-12-24(13-15-25)11-10-18-4-3-5-21(16-18)28-2/h3-9,16H,10-15H2,1-2H3,(H,23,27). The van der Waals surface area contributed by atoms with E-state index in [-0.39, 0.29) is 11.8 Å². The summed E-state index contributed by atoms with van der Waals surface area (Å²) >= 11 is 0. The van der Waals surface area contributed by atoms with Gasteiger partial charge in [-0.15, -0.1) is 0 Å². The first-order valence-electron chi connectivity index (χ1n) is 9.57. The summed E-state index contributed by atoms with van der Waals surface area (Å²) in [5.41, 5.74) is 2.60. The lowest BCUT2D eigenvalue weighted by Crippen LogP contribution is -2.50. The minimum absolute atomic E-state index is 0.0166. The number of Topliss-reactive ketones (excluding diaryl/α,β-unsaturated/α-hetero) is 1. The third-order valence-corrected chi connectivity index (χ3v) is 5.05. The maximum Gasteiger partial charge on any atom is 0.321 e. The van der Waals surface area contributed by atoms with Crippen molar-refractivity contribution in [2.24, 2.45) is 0 Å². The van der Waals surface area contributed by atoms with Crippen LogP contribution in [0.5, 0.6) is 5.75 Å². The van der Waals surface area contributed by atoms with Crippen molar-refractivity contribution in [3.63, 3.8) is 0 Å². The topological polar surface area (TPSA) is 61.9 Å². The van der Waals surface area contributed by atoms with Crippen molar-refractivity contribution < 1.29 is 14.3 Å². The summed E-state index contributed by atoms with van der Waals surface area (Å²) in [5, 5.41) is 2.91. The molecule has 1 aliphatic heterocycles. The van der Waals surface area contributed by atoms with Gasteiger partial charge in [0.1, 0.15) is 5.75 Å². The number of rotatable bonds is 6. The molecular weight excluding hydrogens is 354 g/mol. The highest BCUT2D eigenvalue weighted by Crippen LogP contribution is 2.15. The van der Waals surface area contributed by atoms with Gasteiger partial charge in [-0.25, -0.2) is 4.79 Å². The molecule has 2 amide bonds. The van der Waals surface area contributed by atoms with Crippen molar-refractivity contribution in [2.75, 3.05) is 45.2 Å². The molecule has 3 rings (SSSR count). The lowest BCUT2D eigenvalue weighted by atomic mass is 10.1. The lowest BCUT2D eigenvalue weighted by molar-refractivity contribution is 0.101. The molecule has 2 aromatic rings. The molecule has 6 nitrogen and oxygen atoms in total. The number of urea groups is 1. The van der Waals surface area contributed by atoms with Gasteiger partial charge in [0.25, 0.3) is 0 Å². The number of nitrogens with zero attached hydrogens (tertiary/aromatic N) is 2. The van der Waals surface area contributed by atoms with Crippen LogP contribution in [0.3, 0.4) is 0 Å². The highest BCUT2D eigenvalue weighted by Gasteiger charge is 2.21. The molecule has 0 saturated carbocycles. The molecule has 6 heteroatoms. The zero-order valence-corrected chi connectivity index (χ0v) is 16.5. The second kappa shape index (κ2) is 9.37. The molecule has 1 aliphatic rings. The Morgan fingerprint density at radius 3 is 2.39 bits per heavy atom. The number of ether oxygens (including phenoxy) is 1. The number of amides is 2. The SMILES string of the molecule is COc1cccc(CCN2CCN(C(=O)Nc3ccc(C(C)=O)cc3)CC2)c1. The fraction of sp³-hybridized carbons (Fsp3) is 0.364. The van der Waals surface area contributed by atoms with Gasteiger partial charge < -0.3 is 15.0 Å². The molecule has 0 aromatic heterocycles. The van der Waals surface area contributed by atoms with E-state index >= 15 is 0 Å². The number of hydrogen-bond donors (Lipinski definition) is 1. The second-order valence-electron chi connectivity index (χ2n) is 6.99. The van der Waals surface area contributed by atoms with Crippen LogP contribution >= 0.6 is 0 Å². The van der Waals surface area contributed by atoms with Gasteiger partial charge in [0.15, 0.2) is 5.78 Å². The summed E-state index contributed by atoms with van der Waals surface area (Å²) in [7, 11) is 1.68. The third-order valence-electron chi connectivity index (χ3n) is 5.05. The molecule has 0 spiro atoms. The van der Waals surface area contributed by atoms with E-state index in [1.165, 1.54) is 12.5 Å². The predicted molar refractivity (Wildman–Crippen MR) is 110 cm³/mol. The molecule has 0 atom stereocenters. The summed E-state index contributed by atoms with van der Waals surface area (Å²) in [4.78, 5) is 28.0. The lowest BCUT2D eigenvalue weighted by Gasteiger charge is -2.34. The second-order valence-corrected chi connectivity index (χ2v) is 6.99. The highest BCUT2D eigenvalue weighted by molar-refractivity contribution is 5.95. The van der Waals surface area contributed by atoms with E-state index in [4.69, 9.17) is 4.74 Å². The van der Waals surface area contributed by atoms with E-state index in [0.717, 1.165) is 31.8 Å². The monoisotopic (exact) mass is 381 g/mol. The Kier molecular flexibility index (Phi) is 6.66. The summed E-state index contributed by atoms with van der Waals surface area (Å²) in [6.45, 7) is 5.63. The Bertz CT molecular complexity index is 812. The number of benzene rings is 2. The van der Waals surface area contributed by atoms with Crippen LogP contribution < -0.4 is 10.1 Å². The number of carbonyl (C=O) groups is 2. The van der Waals surface area contributed by atoms with Crippen molar-refractivity contribution in [2.45, 2.75) is 13.3 Å². The first-order chi connectivity index (χ1) is 13.5. The van der Waals surface area contributed by atoms with Gasteiger partial charge in [0.2, 0.25) is 0 Å². The van der Waals surface area contributed by atoms with Crippen LogP contribution in [0.2, 0.25) is 0 Å². The van der Waals surface area contributed by atoms with E-state index in [9.17, 15) is 9.59 Å². The van der Waals surface area contributed by atoms with Crippen LogP contribution in [0, 0.1) is 0 Å². The van der Waals surface area contributed by atoms with Gasteiger partial charge in [-0.1, -0.05) is 12.1 Å². The molecule has 2 aromatic carbocycles. The molecule has 1 saturated heterocycles. The number of carbonyl (C=O) groups excluding carboxylic acids is 2. The number of anilines is 1. The minimum Gasteiger partial charge on any atom is -0.497 e. The number of hydrogen-bond acceptors (Lipinski definition) is 4. The van der Waals surface area contributed by atoms with Crippen molar-refractivity contribution in [1.82, 2.24) is 9.80 Å². The maximum atomic E-state index is 12.5. The first kappa shape index (κ1) is 19.9. The van der Waals surface area contributed by atoms with Crippen LogP contribution in [-0.2, 0) is 6.42 Å². The largest absolute Gasteiger partial charge is 0.497 e. The molecule has 1 heterocycles. The molecule has 1 fully saturated rings. The van der Waals surface area contributed by atoms with Gasteiger partial charge in [0, 0.05) is 44.0 Å². The van der Waals surface area contributed by atoms with Crippen molar-refractivity contribution >= 4 is 17.5 Å². The summed E-state index contributed by atoms with van der Waals surface area (Å²) in [6, 6.07) is 15.0. The van der Waals surface area contributed by atoms with Gasteiger partial charge in [-0.2, -0.15) is 0 Å². The average molecular weight is 381 g/mol. The Labute approximate surface area is 166 Å². The van der Waals surface area contributed by atoms with Crippen LogP contribution in [0.1, 0.15) is 22.8 Å². The molecule has 0 aliphatic carbocycles. The van der Waals surface area contributed by atoms with E-state index < -0.39 is 0 Å². The van der Waals surface area contributed by atoms with E-state index in [2.05, 4.69) is 22.3 Å². The van der Waals surface area contributed by atoms with Crippen molar-refractivity contribution in [3.8, 4) is 5.75 Å². The quantitative estimate of drug-likeness (QED) is 0.780. The molecule has 0 radical (unpaired) electrons. The van der Waals surface area contributed by atoms with E-state index in [1.807, 2.05) is 17.0 Å². The number of nitrogens with one attached hydrogen (secondary N) is 1. The van der Waals surface area contributed by atoms with Crippen molar-refractivity contribution in [3.05, 3.63) is 59.7 Å². The first-order valence-corrected chi connectivity index (χ1v) is 9.57. The van der Waals surface area contributed by atoms with Crippen molar-refractivity contribution in [1.29, 1.82) is 0 Å². The third kappa shape index (κ3) is 5.33. The number of piperazine rings is 1. The Morgan fingerprint density at radius 2 is 1.75 bits per heavy atom. The number of ketones is 1. The van der Waals surface area contributed by atoms with Gasteiger partial charge >= 0.3 is 6.03 Å². The smallest absolute Gasteiger partial charge is 0.321 e.